The standard InChI is InChI=1S/C14H20O5/c1-9(15)7-5-6-8-14(3)12(16)11(10(2)19-14)13(17)18-4/h6,8-9,15H,5,7H2,1-4H3/b8-6+/t9-,14-/m1/s1. The Morgan fingerprint density at radius 2 is 2.21 bits per heavy atom. The summed E-state index contributed by atoms with van der Waals surface area (Å²) in [6, 6.07) is 0. The molecule has 1 rings (SSSR count). The molecule has 0 aromatic heterocycles. The van der Waals surface area contributed by atoms with Crippen molar-refractivity contribution in [2.75, 3.05) is 7.11 Å². The van der Waals surface area contributed by atoms with Gasteiger partial charge in [-0.2, -0.15) is 0 Å². The lowest BCUT2D eigenvalue weighted by Gasteiger charge is -2.18. The quantitative estimate of drug-likeness (QED) is 0.465. The van der Waals surface area contributed by atoms with Crippen molar-refractivity contribution in [3.05, 3.63) is 23.5 Å². The highest BCUT2D eigenvalue weighted by Gasteiger charge is 2.45. The van der Waals surface area contributed by atoms with E-state index in [1.165, 1.54) is 7.11 Å². The van der Waals surface area contributed by atoms with Crippen LogP contribution in [0.25, 0.3) is 0 Å². The summed E-state index contributed by atoms with van der Waals surface area (Å²) < 4.78 is 10.1. The van der Waals surface area contributed by atoms with Crippen LogP contribution in [-0.4, -0.2) is 35.7 Å². The van der Waals surface area contributed by atoms with Crippen LogP contribution in [0.1, 0.15) is 33.6 Å². The summed E-state index contributed by atoms with van der Waals surface area (Å²) in [5.74, 6) is -0.798. The van der Waals surface area contributed by atoms with E-state index in [1.54, 1.807) is 32.9 Å². The van der Waals surface area contributed by atoms with Crippen molar-refractivity contribution in [2.24, 2.45) is 0 Å². The highest BCUT2D eigenvalue weighted by molar-refractivity contribution is 6.22. The Kier molecular flexibility index (Phi) is 4.89. The molecule has 1 heterocycles. The van der Waals surface area contributed by atoms with Gasteiger partial charge in [-0.1, -0.05) is 6.08 Å². The third kappa shape index (κ3) is 3.44. The summed E-state index contributed by atoms with van der Waals surface area (Å²) >= 11 is 0. The topological polar surface area (TPSA) is 72.8 Å². The second kappa shape index (κ2) is 6.02. The summed E-state index contributed by atoms with van der Waals surface area (Å²) in [6.45, 7) is 4.88. The minimum atomic E-state index is -1.16. The molecule has 0 fully saturated rings. The van der Waals surface area contributed by atoms with Gasteiger partial charge < -0.3 is 14.6 Å². The van der Waals surface area contributed by atoms with Crippen molar-refractivity contribution in [3.8, 4) is 0 Å². The van der Waals surface area contributed by atoms with Crippen LogP contribution in [0.4, 0.5) is 0 Å². The van der Waals surface area contributed by atoms with Gasteiger partial charge in [0.05, 0.1) is 13.2 Å². The van der Waals surface area contributed by atoms with Gasteiger partial charge in [0.2, 0.25) is 5.78 Å². The Hall–Kier alpha value is -1.62. The van der Waals surface area contributed by atoms with Gasteiger partial charge in [0, 0.05) is 0 Å². The van der Waals surface area contributed by atoms with Crippen LogP contribution in [0.3, 0.4) is 0 Å². The maximum atomic E-state index is 12.2. The number of carbonyl (C=O) groups excluding carboxylic acids is 2. The summed E-state index contributed by atoms with van der Waals surface area (Å²) in [4.78, 5) is 23.7. The molecule has 106 valence electrons. The molecule has 19 heavy (non-hydrogen) atoms. The molecule has 0 bridgehead atoms. The average Bonchev–Trinajstić information content (AvgIpc) is 2.55. The van der Waals surface area contributed by atoms with Gasteiger partial charge >= 0.3 is 5.97 Å². The van der Waals surface area contributed by atoms with E-state index in [0.29, 0.717) is 12.8 Å². The number of hydrogen-bond donors (Lipinski definition) is 1. The first-order valence-corrected chi connectivity index (χ1v) is 6.20. The molecule has 1 N–H and O–H groups in total. The summed E-state index contributed by atoms with van der Waals surface area (Å²) in [7, 11) is 1.23. The highest BCUT2D eigenvalue weighted by atomic mass is 16.5. The van der Waals surface area contributed by atoms with E-state index in [1.807, 2.05) is 0 Å². The summed E-state index contributed by atoms with van der Waals surface area (Å²) in [5.41, 5.74) is -1.20. The van der Waals surface area contributed by atoms with Crippen LogP contribution in [0.15, 0.2) is 23.5 Å². The maximum Gasteiger partial charge on any atom is 0.345 e. The van der Waals surface area contributed by atoms with Gasteiger partial charge in [-0.3, -0.25) is 4.79 Å². The second-order valence-corrected chi connectivity index (χ2v) is 4.79. The predicted octanol–water partition coefficient (Wildman–Crippen LogP) is 1.51. The Labute approximate surface area is 112 Å². The Morgan fingerprint density at radius 1 is 1.58 bits per heavy atom. The van der Waals surface area contributed by atoms with E-state index >= 15 is 0 Å². The Balaban J connectivity index is 2.77. The molecule has 0 saturated heterocycles. The number of ether oxygens (including phenoxy) is 2. The second-order valence-electron chi connectivity index (χ2n) is 4.79. The molecule has 0 aliphatic carbocycles. The van der Waals surface area contributed by atoms with Gasteiger partial charge in [0.1, 0.15) is 11.3 Å². The molecule has 0 aromatic rings. The van der Waals surface area contributed by atoms with E-state index < -0.39 is 17.4 Å². The van der Waals surface area contributed by atoms with Crippen LogP contribution in [-0.2, 0) is 19.1 Å². The largest absolute Gasteiger partial charge is 0.479 e. The molecule has 5 heteroatoms. The number of methoxy groups -OCH3 is 1. The molecule has 0 aromatic carbocycles. The van der Waals surface area contributed by atoms with Crippen molar-refractivity contribution in [3.63, 3.8) is 0 Å². The number of allylic oxidation sites excluding steroid dienone is 2. The fourth-order valence-electron chi connectivity index (χ4n) is 1.92. The van der Waals surface area contributed by atoms with E-state index in [-0.39, 0.29) is 17.4 Å². The monoisotopic (exact) mass is 268 g/mol. The smallest absolute Gasteiger partial charge is 0.345 e. The predicted molar refractivity (Wildman–Crippen MR) is 69.3 cm³/mol. The first-order valence-electron chi connectivity index (χ1n) is 6.20. The zero-order valence-electron chi connectivity index (χ0n) is 11.7. The number of hydrogen-bond acceptors (Lipinski definition) is 5. The van der Waals surface area contributed by atoms with Crippen LogP contribution in [0.2, 0.25) is 0 Å². The number of aliphatic hydroxyl groups excluding tert-OH is 1. The summed E-state index contributed by atoms with van der Waals surface area (Å²) in [5, 5.41) is 9.15. The lowest BCUT2D eigenvalue weighted by atomic mass is 9.96. The summed E-state index contributed by atoms with van der Waals surface area (Å²) in [6.07, 6.45) is 4.26. The third-order valence-corrected chi connectivity index (χ3v) is 2.97. The lowest BCUT2D eigenvalue weighted by molar-refractivity contribution is -0.138. The van der Waals surface area contributed by atoms with Crippen LogP contribution < -0.4 is 0 Å². The highest BCUT2D eigenvalue weighted by Crippen LogP contribution is 2.32. The fourth-order valence-corrected chi connectivity index (χ4v) is 1.92. The van der Waals surface area contributed by atoms with E-state index in [4.69, 9.17) is 9.84 Å². The normalized spacial score (nSPS) is 24.8. The van der Waals surface area contributed by atoms with E-state index in [0.717, 1.165) is 0 Å². The number of esters is 1. The average molecular weight is 268 g/mol. The minimum Gasteiger partial charge on any atom is -0.479 e. The molecular weight excluding hydrogens is 248 g/mol. The molecule has 1 aliphatic rings. The first-order chi connectivity index (χ1) is 8.81. The zero-order valence-corrected chi connectivity index (χ0v) is 11.7. The minimum absolute atomic E-state index is 0.0369. The van der Waals surface area contributed by atoms with Gasteiger partial charge in [0.25, 0.3) is 0 Å². The SMILES string of the molecule is COC(=O)C1=C(C)O[C@](C)(/C=C/CC[C@@H](C)O)C1=O. The van der Waals surface area contributed by atoms with Crippen molar-refractivity contribution in [1.82, 2.24) is 0 Å². The first kappa shape index (κ1) is 15.4. The van der Waals surface area contributed by atoms with Gasteiger partial charge in [-0.05, 0) is 39.7 Å². The number of aliphatic hydroxyl groups is 1. The Bertz CT molecular complexity index is 433. The third-order valence-electron chi connectivity index (χ3n) is 2.97. The molecule has 0 amide bonds. The molecule has 5 nitrogen and oxygen atoms in total. The zero-order chi connectivity index (χ0) is 14.6. The van der Waals surface area contributed by atoms with Crippen molar-refractivity contribution in [1.29, 1.82) is 0 Å². The molecule has 2 atom stereocenters. The molecular formula is C14H20O5. The fraction of sp³-hybridized carbons (Fsp3) is 0.571. The number of carbonyl (C=O) groups is 2. The van der Waals surface area contributed by atoms with Gasteiger partial charge in [0.15, 0.2) is 5.60 Å². The van der Waals surface area contributed by atoms with Crippen LogP contribution in [0, 0.1) is 0 Å². The molecule has 0 saturated carbocycles. The van der Waals surface area contributed by atoms with Crippen molar-refractivity contribution in [2.45, 2.75) is 45.3 Å². The lowest BCUT2D eigenvalue weighted by Crippen LogP contribution is -2.33. The van der Waals surface area contributed by atoms with Gasteiger partial charge in [-0.25, -0.2) is 4.79 Å². The van der Waals surface area contributed by atoms with Crippen molar-refractivity contribution < 1.29 is 24.2 Å². The maximum absolute atomic E-state index is 12.2. The van der Waals surface area contributed by atoms with Crippen LogP contribution >= 0.6 is 0 Å². The molecule has 0 radical (unpaired) electrons. The molecule has 0 spiro atoms. The van der Waals surface area contributed by atoms with E-state index in [2.05, 4.69) is 4.74 Å². The number of ketones is 1. The molecule has 0 unspecified atom stereocenters. The number of Topliss-reactive ketones (excluding diaryl/α,β-unsaturated/α-hetero) is 1. The van der Waals surface area contributed by atoms with Crippen LogP contribution in [0.5, 0.6) is 0 Å². The Morgan fingerprint density at radius 3 is 2.74 bits per heavy atom. The molecule has 1 aliphatic heterocycles. The van der Waals surface area contributed by atoms with Gasteiger partial charge in [-0.15, -0.1) is 0 Å². The van der Waals surface area contributed by atoms with E-state index in [9.17, 15) is 9.59 Å². The van der Waals surface area contributed by atoms with Crippen molar-refractivity contribution >= 4 is 11.8 Å². The number of rotatable bonds is 5.